The number of para-hydroxylation sites is 1. The smallest absolute Gasteiger partial charge is 0.349 e. The third kappa shape index (κ3) is 4.12. The molecule has 0 saturated carbocycles. The maximum Gasteiger partial charge on any atom is 0.349 e. The van der Waals surface area contributed by atoms with E-state index in [1.807, 2.05) is 49.8 Å². The van der Waals surface area contributed by atoms with Crippen molar-refractivity contribution in [2.45, 2.75) is 11.4 Å². The van der Waals surface area contributed by atoms with Gasteiger partial charge >= 0.3 is 5.97 Å². The van der Waals surface area contributed by atoms with Crippen LogP contribution in [0.25, 0.3) is 10.9 Å². The van der Waals surface area contributed by atoms with Crippen molar-refractivity contribution in [1.29, 1.82) is 0 Å². The number of rotatable bonds is 6. The Morgan fingerprint density at radius 2 is 2.12 bits per heavy atom. The normalized spacial score (nSPS) is 11.0. The fraction of sp³-hybridized carbons (Fsp3) is 0.222. The average molecular weight is 374 g/mol. The molecule has 0 atom stereocenters. The molecule has 7 heteroatoms. The number of ether oxygens (including phenoxy) is 1. The number of anilines is 1. The van der Waals surface area contributed by atoms with Gasteiger partial charge < -0.3 is 14.4 Å². The summed E-state index contributed by atoms with van der Waals surface area (Å²) < 4.78 is 8.15. The van der Waals surface area contributed by atoms with Crippen LogP contribution in [0.5, 0.6) is 0 Å². The summed E-state index contributed by atoms with van der Waals surface area (Å²) >= 11 is 2.77. The highest BCUT2D eigenvalue weighted by Gasteiger charge is 2.14. The van der Waals surface area contributed by atoms with Crippen molar-refractivity contribution < 1.29 is 9.53 Å². The molecule has 2 heterocycles. The number of benzene rings is 1. The van der Waals surface area contributed by atoms with Crippen LogP contribution in [0.15, 0.2) is 46.7 Å². The summed E-state index contributed by atoms with van der Waals surface area (Å²) in [6.45, 7) is 0.786. The first-order valence-electron chi connectivity index (χ1n) is 7.70. The molecule has 5 nitrogen and oxygen atoms in total. The van der Waals surface area contributed by atoms with E-state index in [0.29, 0.717) is 4.88 Å². The molecule has 0 aliphatic carbocycles. The summed E-state index contributed by atoms with van der Waals surface area (Å²) in [5, 5.41) is 2.96. The topological polar surface area (TPSA) is 54.5 Å². The Bertz CT molecular complexity index is 893. The number of pyridine rings is 1. The van der Waals surface area contributed by atoms with Crippen LogP contribution in [-0.4, -0.2) is 37.1 Å². The Balaban J connectivity index is 1.86. The van der Waals surface area contributed by atoms with Gasteiger partial charge in [-0.15, -0.1) is 11.3 Å². The van der Waals surface area contributed by atoms with Crippen LogP contribution in [0.4, 0.5) is 5.69 Å². The lowest BCUT2D eigenvalue weighted by molar-refractivity contribution is 0.0603. The van der Waals surface area contributed by atoms with Crippen LogP contribution in [0.1, 0.15) is 15.4 Å². The number of nitrogens with one attached hydrogen (secondary N) is 1. The van der Waals surface area contributed by atoms with E-state index in [1.54, 1.807) is 0 Å². The van der Waals surface area contributed by atoms with Crippen molar-refractivity contribution >= 4 is 45.8 Å². The summed E-state index contributed by atoms with van der Waals surface area (Å²) in [6, 6.07) is 12.1. The van der Waals surface area contributed by atoms with Crippen LogP contribution in [-0.2, 0) is 11.3 Å². The minimum absolute atomic E-state index is 0.316. The molecule has 0 unspecified atom stereocenters. The Hall–Kier alpha value is -2.09. The Morgan fingerprint density at radius 3 is 2.88 bits per heavy atom. The van der Waals surface area contributed by atoms with E-state index in [1.165, 1.54) is 30.4 Å². The molecule has 0 fully saturated rings. The molecule has 0 aliphatic heterocycles. The second-order valence-electron chi connectivity index (χ2n) is 5.73. The van der Waals surface area contributed by atoms with Crippen LogP contribution in [0.2, 0.25) is 0 Å². The van der Waals surface area contributed by atoms with Crippen molar-refractivity contribution in [2.75, 3.05) is 25.9 Å². The highest BCUT2D eigenvalue weighted by molar-refractivity contribution is 8.00. The molecule has 0 amide bonds. The molecule has 1 aromatic carbocycles. The van der Waals surface area contributed by atoms with Crippen LogP contribution < -0.4 is 4.72 Å². The molecular weight excluding hydrogens is 354 g/mol. The van der Waals surface area contributed by atoms with E-state index in [9.17, 15) is 4.79 Å². The van der Waals surface area contributed by atoms with Gasteiger partial charge in [-0.25, -0.2) is 9.78 Å². The van der Waals surface area contributed by atoms with Gasteiger partial charge in [0.05, 0.1) is 28.9 Å². The van der Waals surface area contributed by atoms with Gasteiger partial charge in [0.2, 0.25) is 0 Å². The summed E-state index contributed by atoms with van der Waals surface area (Å²) in [5.74, 6) is -0.316. The number of methoxy groups -OCH3 is 1. The maximum absolute atomic E-state index is 11.8. The number of hydrogen-bond acceptors (Lipinski definition) is 7. The van der Waals surface area contributed by atoms with Gasteiger partial charge in [-0.05, 0) is 49.6 Å². The van der Waals surface area contributed by atoms with Crippen molar-refractivity contribution in [2.24, 2.45) is 0 Å². The number of nitrogens with zero attached hydrogens (tertiary/aromatic N) is 2. The Morgan fingerprint density at radius 1 is 1.28 bits per heavy atom. The highest BCUT2D eigenvalue weighted by atomic mass is 32.2. The van der Waals surface area contributed by atoms with Crippen molar-refractivity contribution in [1.82, 2.24) is 9.88 Å². The first-order valence-corrected chi connectivity index (χ1v) is 9.40. The van der Waals surface area contributed by atoms with Crippen LogP contribution >= 0.6 is 23.3 Å². The minimum Gasteiger partial charge on any atom is -0.465 e. The number of carbonyl (C=O) groups is 1. The van der Waals surface area contributed by atoms with Crippen molar-refractivity contribution in [3.05, 3.63) is 52.3 Å². The zero-order valence-corrected chi connectivity index (χ0v) is 15.9. The standard InChI is InChI=1S/C18H19N3O2S2/c1-21(2)11-13-8-7-12-5-4-6-14(16(12)19-13)20-25-15-9-10-24-17(15)18(22)23-3/h4-10,20H,11H2,1-3H3. The predicted octanol–water partition coefficient (Wildman–Crippen LogP) is 4.26. The van der Waals surface area contributed by atoms with E-state index in [2.05, 4.69) is 15.7 Å². The molecule has 0 radical (unpaired) electrons. The third-order valence-corrected chi connectivity index (χ3v) is 5.43. The van der Waals surface area contributed by atoms with Crippen LogP contribution in [0.3, 0.4) is 0 Å². The third-order valence-electron chi connectivity index (χ3n) is 3.53. The fourth-order valence-electron chi connectivity index (χ4n) is 2.41. The van der Waals surface area contributed by atoms with E-state index in [4.69, 9.17) is 9.72 Å². The summed E-state index contributed by atoms with van der Waals surface area (Å²) in [7, 11) is 5.44. The SMILES string of the molecule is COC(=O)c1sccc1SNc1cccc2ccc(CN(C)C)nc12. The van der Waals surface area contributed by atoms with Crippen molar-refractivity contribution in [3.63, 3.8) is 0 Å². The molecule has 1 N–H and O–H groups in total. The quantitative estimate of drug-likeness (QED) is 0.515. The fourth-order valence-corrected chi connectivity index (χ4v) is 4.17. The summed E-state index contributed by atoms with van der Waals surface area (Å²) in [4.78, 5) is 20.1. The second kappa shape index (κ2) is 7.86. The lowest BCUT2D eigenvalue weighted by Crippen LogP contribution is -2.11. The molecule has 0 spiro atoms. The van der Waals surface area contributed by atoms with Crippen LogP contribution in [0, 0.1) is 0 Å². The highest BCUT2D eigenvalue weighted by Crippen LogP contribution is 2.31. The molecule has 130 valence electrons. The number of esters is 1. The maximum atomic E-state index is 11.8. The van der Waals surface area contributed by atoms with Gasteiger partial charge in [0.15, 0.2) is 0 Å². The molecule has 2 aromatic heterocycles. The molecule has 0 bridgehead atoms. The van der Waals surface area contributed by atoms with Gasteiger partial charge in [0, 0.05) is 11.9 Å². The van der Waals surface area contributed by atoms with E-state index in [0.717, 1.165) is 33.7 Å². The summed E-state index contributed by atoms with van der Waals surface area (Å²) in [6.07, 6.45) is 0. The lowest BCUT2D eigenvalue weighted by atomic mass is 10.2. The molecule has 3 aromatic rings. The first-order chi connectivity index (χ1) is 12.1. The second-order valence-corrected chi connectivity index (χ2v) is 7.49. The Labute approximate surface area is 155 Å². The molecule has 0 saturated heterocycles. The average Bonchev–Trinajstić information content (AvgIpc) is 3.07. The number of fused-ring (bicyclic) bond motifs is 1. The number of aromatic nitrogens is 1. The molecule has 3 rings (SSSR count). The van der Waals surface area contributed by atoms with Gasteiger partial charge in [-0.3, -0.25) is 0 Å². The molecular formula is C18H19N3O2S2. The lowest BCUT2D eigenvalue weighted by Gasteiger charge is -2.12. The monoisotopic (exact) mass is 373 g/mol. The van der Waals surface area contributed by atoms with Gasteiger partial charge in [0.1, 0.15) is 4.88 Å². The largest absolute Gasteiger partial charge is 0.465 e. The number of thiophene rings is 1. The van der Waals surface area contributed by atoms with E-state index >= 15 is 0 Å². The predicted molar refractivity (Wildman–Crippen MR) is 104 cm³/mol. The van der Waals surface area contributed by atoms with Gasteiger partial charge in [-0.2, -0.15) is 0 Å². The van der Waals surface area contributed by atoms with E-state index < -0.39 is 0 Å². The van der Waals surface area contributed by atoms with Gasteiger partial charge in [-0.1, -0.05) is 18.2 Å². The van der Waals surface area contributed by atoms with Crippen molar-refractivity contribution in [3.8, 4) is 0 Å². The minimum atomic E-state index is -0.316. The summed E-state index contributed by atoms with van der Waals surface area (Å²) in [5.41, 5.74) is 2.86. The number of carbonyl (C=O) groups excluding carboxylic acids is 1. The first kappa shape index (κ1) is 17.7. The zero-order chi connectivity index (χ0) is 17.8. The molecule has 0 aliphatic rings. The Kier molecular flexibility index (Phi) is 5.57. The zero-order valence-electron chi connectivity index (χ0n) is 14.3. The van der Waals surface area contributed by atoms with Gasteiger partial charge in [0.25, 0.3) is 0 Å². The molecule has 25 heavy (non-hydrogen) atoms. The number of hydrogen-bond donors (Lipinski definition) is 1. The van der Waals surface area contributed by atoms with E-state index in [-0.39, 0.29) is 5.97 Å².